The van der Waals surface area contributed by atoms with E-state index >= 15 is 0 Å². The molecule has 2 aliphatic carbocycles. The maximum atomic E-state index is 13.7. The number of benzene rings is 2. The highest BCUT2D eigenvalue weighted by Crippen LogP contribution is 2.52. The molecule has 2 aromatic carbocycles. The molecule has 0 fully saturated rings. The number of nitrogens with one attached hydrogen (secondary N) is 2. The largest absolute Gasteiger partial charge is 0.483 e. The Morgan fingerprint density at radius 1 is 0.950 bits per heavy atom. The second kappa shape index (κ2) is 10.2. The fourth-order valence-electron chi connectivity index (χ4n) is 6.29. The molecule has 6 nitrogen and oxygen atoms in total. The Labute approximate surface area is 241 Å². The first kappa shape index (κ1) is 28.2. The number of Topliss-reactive ketones (excluding diaryl/α,β-unsaturated/α-hetero) is 2. The zero-order valence-corrected chi connectivity index (χ0v) is 24.8. The van der Waals surface area contributed by atoms with Crippen molar-refractivity contribution in [2.24, 2.45) is 10.8 Å². The van der Waals surface area contributed by atoms with Crippen LogP contribution in [0.15, 0.2) is 58.9 Å². The fraction of sp³-hybridized carbons (Fsp3) is 0.424. The van der Waals surface area contributed by atoms with Gasteiger partial charge in [0.25, 0.3) is 5.91 Å². The van der Waals surface area contributed by atoms with Crippen LogP contribution in [0.25, 0.3) is 0 Å². The number of amides is 1. The van der Waals surface area contributed by atoms with Gasteiger partial charge in [0, 0.05) is 57.6 Å². The predicted octanol–water partition coefficient (Wildman–Crippen LogP) is 6.95. The van der Waals surface area contributed by atoms with Gasteiger partial charge in [0.05, 0.1) is 0 Å². The monoisotopic (exact) mass is 560 g/mol. The molecule has 1 aliphatic heterocycles. The van der Waals surface area contributed by atoms with Gasteiger partial charge in [0.2, 0.25) is 0 Å². The first-order valence-corrected chi connectivity index (χ1v) is 14.2. The van der Waals surface area contributed by atoms with E-state index in [1.165, 1.54) is 0 Å². The fourth-order valence-corrected chi connectivity index (χ4v) is 6.47. The zero-order valence-electron chi connectivity index (χ0n) is 24.1. The van der Waals surface area contributed by atoms with Crippen molar-refractivity contribution >= 4 is 34.8 Å². The number of hydrogen-bond donors (Lipinski definition) is 2. The Hall–Kier alpha value is -3.38. The lowest BCUT2D eigenvalue weighted by Gasteiger charge is -2.44. The molecule has 1 heterocycles. The number of anilines is 1. The SMILES string of the molecule is Cc1cccc(NC(=O)COc2ccc(Cl)cc2C2C3=C(CC(C)(C)CC3=O)NC3=C2C(=O)CC(C)(C)C3)c1C. The number of rotatable bonds is 5. The molecular formula is C33H37ClN2O4. The molecule has 2 aromatic rings. The molecule has 0 bridgehead atoms. The Balaban J connectivity index is 1.54. The number of halogens is 1. The van der Waals surface area contributed by atoms with Gasteiger partial charge in [-0.05, 0) is 72.9 Å². The van der Waals surface area contributed by atoms with E-state index in [1.807, 2.05) is 32.0 Å². The summed E-state index contributed by atoms with van der Waals surface area (Å²) in [7, 11) is 0. The van der Waals surface area contributed by atoms with Crippen molar-refractivity contribution in [1.82, 2.24) is 5.32 Å². The van der Waals surface area contributed by atoms with Gasteiger partial charge in [0.1, 0.15) is 5.75 Å². The highest BCUT2D eigenvalue weighted by Gasteiger charge is 2.47. The van der Waals surface area contributed by atoms with Crippen LogP contribution in [0.1, 0.15) is 76.0 Å². The van der Waals surface area contributed by atoms with Crippen LogP contribution in [0.2, 0.25) is 5.02 Å². The third-order valence-corrected chi connectivity index (χ3v) is 8.47. The van der Waals surface area contributed by atoms with Crippen molar-refractivity contribution in [3.05, 3.63) is 80.7 Å². The summed E-state index contributed by atoms with van der Waals surface area (Å²) >= 11 is 6.50. The summed E-state index contributed by atoms with van der Waals surface area (Å²) in [5, 5.41) is 6.93. The van der Waals surface area contributed by atoms with Crippen molar-refractivity contribution in [1.29, 1.82) is 0 Å². The molecule has 0 atom stereocenters. The van der Waals surface area contributed by atoms with Gasteiger partial charge < -0.3 is 15.4 Å². The molecule has 1 amide bonds. The van der Waals surface area contributed by atoms with Gasteiger partial charge in [-0.3, -0.25) is 14.4 Å². The van der Waals surface area contributed by atoms with Crippen LogP contribution in [0.3, 0.4) is 0 Å². The molecule has 40 heavy (non-hydrogen) atoms. The van der Waals surface area contributed by atoms with Crippen LogP contribution in [-0.4, -0.2) is 24.1 Å². The summed E-state index contributed by atoms with van der Waals surface area (Å²) in [4.78, 5) is 40.3. The maximum absolute atomic E-state index is 13.7. The Bertz CT molecular complexity index is 1450. The highest BCUT2D eigenvalue weighted by atomic mass is 35.5. The predicted molar refractivity (Wildman–Crippen MR) is 157 cm³/mol. The van der Waals surface area contributed by atoms with Crippen molar-refractivity contribution in [2.45, 2.75) is 73.1 Å². The van der Waals surface area contributed by atoms with Crippen LogP contribution >= 0.6 is 11.6 Å². The van der Waals surface area contributed by atoms with Crippen molar-refractivity contribution in [3.8, 4) is 5.75 Å². The third kappa shape index (κ3) is 5.46. The average molecular weight is 561 g/mol. The molecule has 2 N–H and O–H groups in total. The smallest absolute Gasteiger partial charge is 0.262 e. The molecule has 5 rings (SSSR count). The first-order chi connectivity index (χ1) is 18.7. The Morgan fingerprint density at radius 3 is 2.15 bits per heavy atom. The molecular weight excluding hydrogens is 524 g/mol. The molecule has 210 valence electrons. The van der Waals surface area contributed by atoms with Gasteiger partial charge in [-0.2, -0.15) is 0 Å². The van der Waals surface area contributed by atoms with Gasteiger partial charge in [-0.1, -0.05) is 51.4 Å². The molecule has 0 unspecified atom stereocenters. The van der Waals surface area contributed by atoms with Crippen LogP contribution < -0.4 is 15.4 Å². The molecule has 0 aromatic heterocycles. The molecule has 0 saturated heterocycles. The Kier molecular flexibility index (Phi) is 7.20. The molecule has 0 spiro atoms. The minimum absolute atomic E-state index is 0.0199. The van der Waals surface area contributed by atoms with E-state index in [0.29, 0.717) is 53.2 Å². The van der Waals surface area contributed by atoms with E-state index in [9.17, 15) is 14.4 Å². The number of carbonyl (C=O) groups is 3. The zero-order chi connectivity index (χ0) is 29.0. The van der Waals surface area contributed by atoms with Gasteiger partial charge in [-0.15, -0.1) is 0 Å². The number of ether oxygens (including phenoxy) is 1. The molecule has 0 radical (unpaired) electrons. The summed E-state index contributed by atoms with van der Waals surface area (Å²) in [6.07, 6.45) is 2.18. The lowest BCUT2D eigenvalue weighted by atomic mass is 9.64. The summed E-state index contributed by atoms with van der Waals surface area (Å²) in [6.45, 7) is 12.1. The summed E-state index contributed by atoms with van der Waals surface area (Å²) < 4.78 is 6.10. The van der Waals surface area contributed by atoms with Crippen molar-refractivity contribution < 1.29 is 19.1 Å². The topological polar surface area (TPSA) is 84.5 Å². The van der Waals surface area contributed by atoms with Crippen molar-refractivity contribution in [2.75, 3.05) is 11.9 Å². The highest BCUT2D eigenvalue weighted by molar-refractivity contribution is 6.30. The minimum atomic E-state index is -0.603. The standard InChI is InChI=1S/C33H37ClN2O4/c1-18-8-7-9-22(19(18)2)36-28(39)17-40-27-11-10-20(34)12-21(27)29-30-23(13-32(3,4)15-25(30)37)35-24-14-33(5,6)16-26(38)31(24)29/h7-12,29,35H,13-17H2,1-6H3,(H,36,39). The molecule has 3 aliphatic rings. The van der Waals surface area contributed by atoms with E-state index in [1.54, 1.807) is 18.2 Å². The van der Waals surface area contributed by atoms with Gasteiger partial charge in [-0.25, -0.2) is 0 Å². The van der Waals surface area contributed by atoms with Gasteiger partial charge in [0.15, 0.2) is 18.2 Å². The second-order valence-corrected chi connectivity index (χ2v) is 13.4. The second-order valence-electron chi connectivity index (χ2n) is 13.0. The minimum Gasteiger partial charge on any atom is -0.483 e. The van der Waals surface area contributed by atoms with Crippen LogP contribution in [0.4, 0.5) is 5.69 Å². The summed E-state index contributed by atoms with van der Waals surface area (Å²) in [5.41, 5.74) is 6.01. The van der Waals surface area contributed by atoms with E-state index in [4.69, 9.17) is 16.3 Å². The summed E-state index contributed by atoms with van der Waals surface area (Å²) in [6, 6.07) is 10.9. The number of carbonyl (C=O) groups excluding carboxylic acids is 3. The van der Waals surface area contributed by atoms with E-state index < -0.39 is 5.92 Å². The normalized spacial score (nSPS) is 20.1. The maximum Gasteiger partial charge on any atom is 0.262 e. The van der Waals surface area contributed by atoms with Crippen molar-refractivity contribution in [3.63, 3.8) is 0 Å². The van der Waals surface area contributed by atoms with E-state index in [2.05, 4.69) is 38.3 Å². The lowest BCUT2D eigenvalue weighted by Crippen LogP contribution is -2.42. The molecule has 7 heteroatoms. The number of ketones is 2. The Morgan fingerprint density at radius 2 is 1.55 bits per heavy atom. The number of hydrogen-bond acceptors (Lipinski definition) is 5. The lowest BCUT2D eigenvalue weighted by molar-refractivity contribution is -0.120. The van der Waals surface area contributed by atoms with Crippen LogP contribution in [0, 0.1) is 24.7 Å². The third-order valence-electron chi connectivity index (χ3n) is 8.24. The average Bonchev–Trinajstić information content (AvgIpc) is 2.83. The van der Waals surface area contributed by atoms with E-state index in [-0.39, 0.29) is 34.9 Å². The van der Waals surface area contributed by atoms with Gasteiger partial charge >= 0.3 is 0 Å². The van der Waals surface area contributed by atoms with Crippen LogP contribution in [-0.2, 0) is 14.4 Å². The number of allylic oxidation sites excluding steroid dienone is 4. The summed E-state index contributed by atoms with van der Waals surface area (Å²) in [5.74, 6) is -0.431. The molecule has 0 saturated carbocycles. The van der Waals surface area contributed by atoms with E-state index in [0.717, 1.165) is 28.2 Å². The quantitative estimate of drug-likeness (QED) is 0.413. The number of aryl methyl sites for hydroxylation is 1. The number of dihydropyridines is 1. The van der Waals surface area contributed by atoms with Crippen LogP contribution in [0.5, 0.6) is 5.75 Å². The first-order valence-electron chi connectivity index (χ1n) is 13.8.